The van der Waals surface area contributed by atoms with Crippen molar-refractivity contribution < 1.29 is 9.13 Å². The minimum absolute atomic E-state index is 0.116. The van der Waals surface area contributed by atoms with Gasteiger partial charge >= 0.3 is 0 Å². The van der Waals surface area contributed by atoms with Gasteiger partial charge in [0.15, 0.2) is 11.6 Å². The summed E-state index contributed by atoms with van der Waals surface area (Å²) in [6.07, 6.45) is 5.39. The quantitative estimate of drug-likeness (QED) is 0.852. The molecular formula is C16H22FN3O. The van der Waals surface area contributed by atoms with E-state index in [1.807, 2.05) is 23.9 Å². The lowest BCUT2D eigenvalue weighted by Gasteiger charge is -2.19. The Morgan fingerprint density at radius 3 is 2.81 bits per heavy atom. The van der Waals surface area contributed by atoms with Gasteiger partial charge in [-0.05, 0) is 37.1 Å². The summed E-state index contributed by atoms with van der Waals surface area (Å²) in [5.74, 6) is -0.0494. The summed E-state index contributed by atoms with van der Waals surface area (Å²) in [4.78, 5) is 4.17. The summed E-state index contributed by atoms with van der Waals surface area (Å²) in [7, 11) is 3.44. The number of hydrogen-bond donors (Lipinski definition) is 1. The average Bonchev–Trinajstić information content (AvgIpc) is 2.90. The third kappa shape index (κ3) is 3.82. The van der Waals surface area contributed by atoms with E-state index in [2.05, 4.69) is 17.2 Å². The molecule has 0 aliphatic heterocycles. The fourth-order valence-corrected chi connectivity index (χ4v) is 2.38. The van der Waals surface area contributed by atoms with Gasteiger partial charge in [0.2, 0.25) is 0 Å². The number of aromatic nitrogens is 2. The highest BCUT2D eigenvalue weighted by Crippen LogP contribution is 2.22. The van der Waals surface area contributed by atoms with Crippen molar-refractivity contribution in [2.45, 2.75) is 25.8 Å². The number of aryl methyl sites for hydroxylation is 1. The van der Waals surface area contributed by atoms with E-state index in [9.17, 15) is 4.39 Å². The number of rotatable bonds is 7. The van der Waals surface area contributed by atoms with Crippen LogP contribution in [0.2, 0.25) is 0 Å². The van der Waals surface area contributed by atoms with Crippen molar-refractivity contribution in [2.24, 2.45) is 7.05 Å². The second-order valence-electron chi connectivity index (χ2n) is 5.11. The molecule has 0 saturated heterocycles. The smallest absolute Gasteiger partial charge is 0.165 e. The average molecular weight is 291 g/mol. The number of hydrogen-bond acceptors (Lipinski definition) is 3. The highest BCUT2D eigenvalue weighted by molar-refractivity contribution is 5.30. The molecule has 1 aromatic carbocycles. The Morgan fingerprint density at radius 1 is 1.43 bits per heavy atom. The molecule has 2 aromatic rings. The maximum absolute atomic E-state index is 13.8. The van der Waals surface area contributed by atoms with Gasteiger partial charge in [0.05, 0.1) is 25.2 Å². The zero-order chi connectivity index (χ0) is 15.2. The first kappa shape index (κ1) is 15.5. The van der Waals surface area contributed by atoms with Crippen LogP contribution in [-0.2, 0) is 13.5 Å². The number of methoxy groups -OCH3 is 1. The molecule has 1 N–H and O–H groups in total. The van der Waals surface area contributed by atoms with E-state index in [0.29, 0.717) is 6.42 Å². The standard InChI is InChI=1S/C16H22FN3O/c1-4-7-19-14(15-10-18-11-20(15)2)9-12-5-6-16(21-3)13(17)8-12/h5-6,8,10-11,14,19H,4,7,9H2,1-3H3. The maximum Gasteiger partial charge on any atom is 0.165 e. The largest absolute Gasteiger partial charge is 0.494 e. The molecule has 0 spiro atoms. The van der Waals surface area contributed by atoms with Crippen molar-refractivity contribution >= 4 is 0 Å². The van der Waals surface area contributed by atoms with Crippen molar-refractivity contribution in [1.29, 1.82) is 0 Å². The maximum atomic E-state index is 13.8. The highest BCUT2D eigenvalue weighted by atomic mass is 19.1. The van der Waals surface area contributed by atoms with Crippen LogP contribution in [0.5, 0.6) is 5.75 Å². The molecule has 0 fully saturated rings. The summed E-state index contributed by atoms with van der Waals surface area (Å²) in [5, 5.41) is 3.49. The Labute approximate surface area is 125 Å². The van der Waals surface area contributed by atoms with E-state index in [1.54, 1.807) is 12.4 Å². The van der Waals surface area contributed by atoms with Crippen molar-refractivity contribution in [3.8, 4) is 5.75 Å². The van der Waals surface area contributed by atoms with Crippen molar-refractivity contribution in [3.05, 3.63) is 47.8 Å². The van der Waals surface area contributed by atoms with Crippen LogP contribution in [0.3, 0.4) is 0 Å². The molecule has 21 heavy (non-hydrogen) atoms. The van der Waals surface area contributed by atoms with Gasteiger partial charge in [-0.2, -0.15) is 0 Å². The second-order valence-corrected chi connectivity index (χ2v) is 5.11. The van der Waals surface area contributed by atoms with Gasteiger partial charge in [0, 0.05) is 13.2 Å². The summed E-state index contributed by atoms with van der Waals surface area (Å²) < 4.78 is 20.8. The number of nitrogens with one attached hydrogen (secondary N) is 1. The normalized spacial score (nSPS) is 12.4. The molecule has 0 radical (unpaired) electrons. The summed E-state index contributed by atoms with van der Waals surface area (Å²) in [6.45, 7) is 3.04. The number of benzene rings is 1. The summed E-state index contributed by atoms with van der Waals surface area (Å²) in [6, 6.07) is 5.23. The fraction of sp³-hybridized carbons (Fsp3) is 0.438. The van der Waals surface area contributed by atoms with Crippen LogP contribution < -0.4 is 10.1 Å². The molecular weight excluding hydrogens is 269 g/mol. The first-order valence-electron chi connectivity index (χ1n) is 7.17. The van der Waals surface area contributed by atoms with Gasteiger partial charge in [-0.25, -0.2) is 9.37 Å². The van der Waals surface area contributed by atoms with Crippen molar-refractivity contribution in [2.75, 3.05) is 13.7 Å². The Kier molecular flexibility index (Phi) is 5.33. The third-order valence-electron chi connectivity index (χ3n) is 3.51. The molecule has 5 heteroatoms. The molecule has 114 valence electrons. The number of nitrogens with zero attached hydrogens (tertiary/aromatic N) is 2. The van der Waals surface area contributed by atoms with Crippen LogP contribution in [0.25, 0.3) is 0 Å². The van der Waals surface area contributed by atoms with Gasteiger partial charge < -0.3 is 14.6 Å². The predicted molar refractivity (Wildman–Crippen MR) is 80.9 cm³/mol. The van der Waals surface area contributed by atoms with Gasteiger partial charge in [-0.15, -0.1) is 0 Å². The monoisotopic (exact) mass is 291 g/mol. The highest BCUT2D eigenvalue weighted by Gasteiger charge is 2.16. The zero-order valence-corrected chi connectivity index (χ0v) is 12.8. The molecule has 1 unspecified atom stereocenters. The van der Waals surface area contributed by atoms with Gasteiger partial charge in [0.25, 0.3) is 0 Å². The minimum atomic E-state index is -0.325. The van der Waals surface area contributed by atoms with E-state index >= 15 is 0 Å². The lowest BCUT2D eigenvalue weighted by atomic mass is 10.0. The zero-order valence-electron chi connectivity index (χ0n) is 12.8. The van der Waals surface area contributed by atoms with E-state index in [4.69, 9.17) is 4.74 Å². The van der Waals surface area contributed by atoms with Gasteiger partial charge in [-0.1, -0.05) is 13.0 Å². The van der Waals surface area contributed by atoms with E-state index in [-0.39, 0.29) is 17.6 Å². The molecule has 0 amide bonds. The molecule has 0 saturated carbocycles. The summed E-state index contributed by atoms with van der Waals surface area (Å²) >= 11 is 0. The van der Waals surface area contributed by atoms with Crippen LogP contribution in [0.1, 0.15) is 30.6 Å². The van der Waals surface area contributed by atoms with Gasteiger partial charge in [0.1, 0.15) is 0 Å². The SMILES string of the molecule is CCCNC(Cc1ccc(OC)c(F)c1)c1cncn1C. The lowest BCUT2D eigenvalue weighted by molar-refractivity contribution is 0.386. The van der Waals surface area contributed by atoms with Crippen LogP contribution in [0, 0.1) is 5.82 Å². The van der Waals surface area contributed by atoms with Crippen LogP contribution in [0.15, 0.2) is 30.7 Å². The molecule has 1 aromatic heterocycles. The number of imidazole rings is 1. The predicted octanol–water partition coefficient (Wildman–Crippen LogP) is 2.85. The molecule has 1 atom stereocenters. The van der Waals surface area contributed by atoms with E-state index in [1.165, 1.54) is 13.2 Å². The number of ether oxygens (including phenoxy) is 1. The number of halogens is 1. The molecule has 0 aliphatic rings. The van der Waals surface area contributed by atoms with Crippen molar-refractivity contribution in [1.82, 2.24) is 14.9 Å². The Bertz CT molecular complexity index is 583. The summed E-state index contributed by atoms with van der Waals surface area (Å²) in [5.41, 5.74) is 2.03. The minimum Gasteiger partial charge on any atom is -0.494 e. The Morgan fingerprint density at radius 2 is 2.24 bits per heavy atom. The van der Waals surface area contributed by atoms with Crippen LogP contribution >= 0.6 is 0 Å². The second kappa shape index (κ2) is 7.22. The van der Waals surface area contributed by atoms with Crippen LogP contribution in [-0.4, -0.2) is 23.2 Å². The molecule has 1 heterocycles. The van der Waals surface area contributed by atoms with Crippen molar-refractivity contribution in [3.63, 3.8) is 0 Å². The molecule has 4 nitrogen and oxygen atoms in total. The Balaban J connectivity index is 2.18. The Hall–Kier alpha value is -1.88. The van der Waals surface area contributed by atoms with E-state index < -0.39 is 0 Å². The first-order valence-corrected chi connectivity index (χ1v) is 7.17. The van der Waals surface area contributed by atoms with Gasteiger partial charge in [-0.3, -0.25) is 0 Å². The molecule has 2 rings (SSSR count). The fourth-order valence-electron chi connectivity index (χ4n) is 2.38. The molecule has 0 aliphatic carbocycles. The lowest BCUT2D eigenvalue weighted by Crippen LogP contribution is -2.25. The topological polar surface area (TPSA) is 39.1 Å². The molecule has 0 bridgehead atoms. The van der Waals surface area contributed by atoms with E-state index in [0.717, 1.165) is 24.2 Å². The first-order chi connectivity index (χ1) is 10.2. The third-order valence-corrected chi connectivity index (χ3v) is 3.51. The van der Waals surface area contributed by atoms with Crippen LogP contribution in [0.4, 0.5) is 4.39 Å².